The van der Waals surface area contributed by atoms with E-state index >= 15 is 0 Å². The van der Waals surface area contributed by atoms with Gasteiger partial charge in [-0.2, -0.15) is 16.8 Å². The molecule has 0 amide bonds. The predicted molar refractivity (Wildman–Crippen MR) is 80.9 cm³/mol. The van der Waals surface area contributed by atoms with Gasteiger partial charge in [-0.1, -0.05) is 5.04 Å². The lowest BCUT2D eigenvalue weighted by Gasteiger charge is -2.12. The summed E-state index contributed by atoms with van der Waals surface area (Å²) in [6.45, 7) is -1.02. The number of nitrogens with two attached hydrogens (primary N) is 1. The maximum atomic E-state index is 12.2. The van der Waals surface area contributed by atoms with Crippen LogP contribution in [-0.4, -0.2) is 52.0 Å². The summed E-state index contributed by atoms with van der Waals surface area (Å²) in [4.78, 5) is -2.26. The zero-order valence-corrected chi connectivity index (χ0v) is 15.1. The van der Waals surface area contributed by atoms with Crippen molar-refractivity contribution in [2.45, 2.75) is 14.7 Å². The van der Waals surface area contributed by atoms with Gasteiger partial charge < -0.3 is 5.73 Å². The normalized spacial score (nSPS) is 13.1. The second-order valence-electron chi connectivity index (χ2n) is 4.11. The van der Waals surface area contributed by atoms with Crippen molar-refractivity contribution >= 4 is 48.1 Å². The van der Waals surface area contributed by atoms with Gasteiger partial charge in [-0.3, -0.25) is 9.11 Å². The first-order valence-electron chi connectivity index (χ1n) is 5.68. The van der Waals surface area contributed by atoms with Gasteiger partial charge in [0, 0.05) is 5.69 Å². The van der Waals surface area contributed by atoms with Gasteiger partial charge in [0.2, 0.25) is 0 Å². The minimum Gasteiger partial charge on any atom is -0.398 e. The number of hydrogen-bond acceptors (Lipinski definition) is 12. The lowest BCUT2D eigenvalue weighted by atomic mass is 10.3. The minimum atomic E-state index is -5.05. The molecular weight excluding hydrogens is 430 g/mol. The first kappa shape index (κ1) is 22.0. The van der Waals surface area contributed by atoms with Gasteiger partial charge >= 0.3 is 10.4 Å². The summed E-state index contributed by atoms with van der Waals surface area (Å²) in [6.07, 6.45) is 0. The van der Waals surface area contributed by atoms with Crippen molar-refractivity contribution in [2.75, 3.05) is 18.1 Å². The molecule has 0 aromatic heterocycles. The molecule has 0 bridgehead atoms. The SMILES string of the molecule is Nc1cc(S(=O)(=O)CCOS(=O)(=O)O)c(S(=O)(=O)O)cc1SOOO. The summed E-state index contributed by atoms with van der Waals surface area (Å²) in [5.74, 6) is -1.06. The molecule has 13 nitrogen and oxygen atoms in total. The van der Waals surface area contributed by atoms with Crippen molar-refractivity contribution < 1.29 is 53.2 Å². The first-order valence-corrected chi connectivity index (χ1v) is 10.9. The van der Waals surface area contributed by atoms with Crippen LogP contribution in [0.25, 0.3) is 0 Å². The summed E-state index contributed by atoms with van der Waals surface area (Å²) in [6, 6.07) is 1.29. The third-order valence-corrected chi connectivity index (χ3v) is 6.29. The summed E-state index contributed by atoms with van der Waals surface area (Å²) >= 11 is 0.213. The van der Waals surface area contributed by atoms with Crippen LogP contribution in [0.4, 0.5) is 5.69 Å². The van der Waals surface area contributed by atoms with Gasteiger partial charge in [-0.25, -0.2) is 17.9 Å². The molecule has 0 unspecified atom stereocenters. The summed E-state index contributed by atoms with van der Waals surface area (Å²) < 4.78 is 93.5. The zero-order valence-electron chi connectivity index (χ0n) is 11.8. The average molecular weight is 441 g/mol. The molecule has 0 aliphatic rings. The Morgan fingerprint density at radius 2 is 1.64 bits per heavy atom. The van der Waals surface area contributed by atoms with Crippen LogP contribution < -0.4 is 5.73 Å². The van der Waals surface area contributed by atoms with Gasteiger partial charge in [0.05, 0.1) is 34.2 Å². The first-order chi connectivity index (χ1) is 11.3. The largest absolute Gasteiger partial charge is 0.398 e. The smallest absolute Gasteiger partial charge is 0.397 e. The van der Waals surface area contributed by atoms with Crippen LogP contribution in [-0.2, 0) is 43.9 Å². The van der Waals surface area contributed by atoms with Crippen molar-refractivity contribution in [2.24, 2.45) is 0 Å². The fraction of sp³-hybridized carbons (Fsp3) is 0.250. The Bertz CT molecular complexity index is 936. The van der Waals surface area contributed by atoms with Crippen molar-refractivity contribution in [1.82, 2.24) is 0 Å². The lowest BCUT2D eigenvalue weighted by molar-refractivity contribution is -0.432. The quantitative estimate of drug-likeness (QED) is 0.125. The predicted octanol–water partition coefficient (Wildman–Crippen LogP) is -0.463. The van der Waals surface area contributed by atoms with E-state index in [4.69, 9.17) is 15.5 Å². The van der Waals surface area contributed by atoms with Gasteiger partial charge in [0.15, 0.2) is 9.84 Å². The van der Waals surface area contributed by atoms with E-state index in [1.165, 1.54) is 0 Å². The Balaban J connectivity index is 3.35. The van der Waals surface area contributed by atoms with E-state index in [0.29, 0.717) is 12.1 Å². The highest BCUT2D eigenvalue weighted by molar-refractivity contribution is 7.95. The molecule has 0 fully saturated rings. The van der Waals surface area contributed by atoms with Crippen molar-refractivity contribution in [3.8, 4) is 0 Å². The molecule has 1 aromatic rings. The van der Waals surface area contributed by atoms with E-state index in [2.05, 4.69) is 13.6 Å². The minimum absolute atomic E-state index is 0.213. The molecule has 0 saturated heterocycles. The van der Waals surface area contributed by atoms with E-state index in [-0.39, 0.29) is 22.6 Å². The second kappa shape index (κ2) is 8.12. The Morgan fingerprint density at radius 3 is 2.12 bits per heavy atom. The molecule has 144 valence electrons. The van der Waals surface area contributed by atoms with Crippen LogP contribution in [0, 0.1) is 0 Å². The molecule has 0 aliphatic carbocycles. The number of anilines is 1. The zero-order chi connectivity index (χ0) is 19.5. The number of sulfone groups is 1. The van der Waals surface area contributed by atoms with E-state index in [1.807, 2.05) is 0 Å². The summed E-state index contributed by atoms with van der Waals surface area (Å²) in [7, 11) is -14.5. The molecule has 0 saturated carbocycles. The molecule has 0 aliphatic heterocycles. The Kier molecular flexibility index (Phi) is 7.15. The van der Waals surface area contributed by atoms with Crippen LogP contribution in [0.2, 0.25) is 0 Å². The Morgan fingerprint density at radius 1 is 1.04 bits per heavy atom. The number of rotatable bonds is 9. The van der Waals surface area contributed by atoms with Gasteiger partial charge in [0.25, 0.3) is 10.1 Å². The molecule has 5 N–H and O–H groups in total. The lowest BCUT2D eigenvalue weighted by Crippen LogP contribution is -2.18. The van der Waals surface area contributed by atoms with Crippen LogP contribution in [0.1, 0.15) is 0 Å². The Labute approximate surface area is 146 Å². The Hall–Kier alpha value is -1.02. The van der Waals surface area contributed by atoms with Crippen molar-refractivity contribution in [3.05, 3.63) is 12.1 Å². The maximum Gasteiger partial charge on any atom is 0.397 e. The van der Waals surface area contributed by atoms with Gasteiger partial charge in [-0.05, 0) is 12.1 Å². The van der Waals surface area contributed by atoms with E-state index < -0.39 is 52.5 Å². The van der Waals surface area contributed by atoms with E-state index in [1.54, 1.807) is 0 Å². The highest BCUT2D eigenvalue weighted by Crippen LogP contribution is 2.33. The standard InChI is InChI=1S/C8H11NO12S4/c9-5-3-7(23(11,12)2-1-19-25(16,17)18)8(24(13,14)15)4-6(5)22-21-20-10/h3-4,10H,1-2,9H2,(H,13,14,15)(H,16,17,18). The maximum absolute atomic E-state index is 12.2. The monoisotopic (exact) mass is 441 g/mol. The van der Waals surface area contributed by atoms with Crippen molar-refractivity contribution in [3.63, 3.8) is 0 Å². The summed E-state index contributed by atoms with van der Waals surface area (Å²) in [5, 5.41) is 11.4. The number of hydrogen-bond donors (Lipinski definition) is 4. The fourth-order valence-corrected chi connectivity index (χ4v) is 4.85. The van der Waals surface area contributed by atoms with Crippen LogP contribution in [0.3, 0.4) is 0 Å². The number of nitrogen functional groups attached to an aromatic ring is 1. The fourth-order valence-electron chi connectivity index (χ4n) is 1.48. The average Bonchev–Trinajstić information content (AvgIpc) is 2.42. The molecule has 1 aromatic carbocycles. The van der Waals surface area contributed by atoms with E-state index in [0.717, 1.165) is 0 Å². The molecule has 1 rings (SSSR count). The molecule has 25 heavy (non-hydrogen) atoms. The highest BCUT2D eigenvalue weighted by atomic mass is 32.3. The topological polar surface area (TPSA) is 217 Å². The molecule has 0 radical (unpaired) electrons. The molecule has 17 heteroatoms. The van der Waals surface area contributed by atoms with Crippen molar-refractivity contribution in [1.29, 1.82) is 0 Å². The third kappa shape index (κ3) is 6.66. The van der Waals surface area contributed by atoms with Gasteiger partial charge in [-0.15, -0.1) is 4.33 Å². The van der Waals surface area contributed by atoms with Crippen LogP contribution in [0.5, 0.6) is 0 Å². The van der Waals surface area contributed by atoms with Crippen LogP contribution in [0.15, 0.2) is 26.8 Å². The highest BCUT2D eigenvalue weighted by Gasteiger charge is 2.28. The third-order valence-electron chi connectivity index (χ3n) is 2.43. The van der Waals surface area contributed by atoms with Gasteiger partial charge in [0.1, 0.15) is 4.90 Å². The molecule has 0 atom stereocenters. The number of benzene rings is 1. The molecule has 0 spiro atoms. The van der Waals surface area contributed by atoms with E-state index in [9.17, 15) is 29.8 Å². The second-order valence-corrected chi connectivity index (χ2v) is 9.41. The van der Waals surface area contributed by atoms with Crippen LogP contribution >= 0.6 is 12.0 Å². The summed E-state index contributed by atoms with van der Waals surface area (Å²) in [5.41, 5.74) is 5.19. The molecular formula is C8H11NO12S4. The molecule has 0 heterocycles.